The summed E-state index contributed by atoms with van der Waals surface area (Å²) in [5.74, 6) is -2.43. The van der Waals surface area contributed by atoms with Crippen LogP contribution in [0.2, 0.25) is 0 Å². The van der Waals surface area contributed by atoms with Crippen LogP contribution in [0.4, 0.5) is 9.18 Å². The zero-order valence-corrected chi connectivity index (χ0v) is 16.6. The maximum absolute atomic E-state index is 14.5. The first-order valence-electron chi connectivity index (χ1n) is 8.58. The SMILES string of the molecule is CC(=O)O[C@@H]1[C@H](OC(C)=O)[C@@H](OC(C)=O)C(F)O[C@@H]1CNC(=O)OC(C)(C)C. The molecule has 1 fully saturated rings. The van der Waals surface area contributed by atoms with Gasteiger partial charge in [-0.25, -0.2) is 9.18 Å². The quantitative estimate of drug-likeness (QED) is 0.524. The second-order valence-electron chi connectivity index (χ2n) is 7.13. The molecule has 10 nitrogen and oxygen atoms in total. The maximum atomic E-state index is 14.5. The number of nitrogens with one attached hydrogen (secondary N) is 1. The number of alkyl carbamates (subject to hydrolysis) is 1. The van der Waals surface area contributed by atoms with Crippen LogP contribution in [0.25, 0.3) is 0 Å². The number of halogens is 1. The predicted octanol–water partition coefficient (Wildman–Crippen LogP) is 1.00. The molecule has 1 saturated heterocycles. The molecule has 0 aromatic carbocycles. The molecule has 160 valence electrons. The van der Waals surface area contributed by atoms with Crippen LogP contribution in [0, 0.1) is 0 Å². The van der Waals surface area contributed by atoms with E-state index >= 15 is 0 Å². The summed E-state index contributed by atoms with van der Waals surface area (Å²) in [4.78, 5) is 46.1. The molecule has 0 aromatic rings. The molecule has 1 aliphatic rings. The van der Waals surface area contributed by atoms with Gasteiger partial charge in [-0.15, -0.1) is 0 Å². The molecule has 0 saturated carbocycles. The molecule has 0 radical (unpaired) electrons. The number of alkyl halides is 1. The van der Waals surface area contributed by atoms with Crippen LogP contribution >= 0.6 is 0 Å². The second-order valence-corrected chi connectivity index (χ2v) is 7.13. The minimum Gasteiger partial charge on any atom is -0.456 e. The summed E-state index contributed by atoms with van der Waals surface area (Å²) < 4.78 is 39.7. The fourth-order valence-corrected chi connectivity index (χ4v) is 2.50. The molecule has 0 aromatic heterocycles. The van der Waals surface area contributed by atoms with Crippen LogP contribution in [0.1, 0.15) is 41.5 Å². The van der Waals surface area contributed by atoms with E-state index in [2.05, 4.69) is 5.32 Å². The fourth-order valence-electron chi connectivity index (χ4n) is 2.50. The average molecular weight is 407 g/mol. The van der Waals surface area contributed by atoms with Gasteiger partial charge in [0.2, 0.25) is 6.36 Å². The van der Waals surface area contributed by atoms with E-state index in [1.54, 1.807) is 20.8 Å². The molecule has 1 unspecified atom stereocenters. The zero-order chi connectivity index (χ0) is 21.6. The summed E-state index contributed by atoms with van der Waals surface area (Å²) in [6.45, 7) is 7.83. The zero-order valence-electron chi connectivity index (χ0n) is 16.6. The Bertz CT molecular complexity index is 604. The highest BCUT2D eigenvalue weighted by Gasteiger charge is 2.52. The molecule has 0 spiro atoms. The molecule has 5 atom stereocenters. The third-order valence-electron chi connectivity index (χ3n) is 3.33. The van der Waals surface area contributed by atoms with Gasteiger partial charge < -0.3 is 29.0 Å². The Kier molecular flexibility index (Phi) is 8.15. The van der Waals surface area contributed by atoms with Gasteiger partial charge in [-0.3, -0.25) is 14.4 Å². The lowest BCUT2D eigenvalue weighted by Crippen LogP contribution is -2.62. The smallest absolute Gasteiger partial charge is 0.407 e. The van der Waals surface area contributed by atoms with E-state index in [-0.39, 0.29) is 6.54 Å². The van der Waals surface area contributed by atoms with Crippen molar-refractivity contribution in [1.29, 1.82) is 0 Å². The Morgan fingerprint density at radius 1 is 0.893 bits per heavy atom. The molecule has 1 rings (SSSR count). The molecule has 0 bridgehead atoms. The summed E-state index contributed by atoms with van der Waals surface area (Å²) in [6, 6.07) is 0. The third kappa shape index (κ3) is 7.67. The topological polar surface area (TPSA) is 126 Å². The van der Waals surface area contributed by atoms with Gasteiger partial charge in [-0.2, -0.15) is 0 Å². The monoisotopic (exact) mass is 407 g/mol. The van der Waals surface area contributed by atoms with Crippen molar-refractivity contribution in [3.63, 3.8) is 0 Å². The van der Waals surface area contributed by atoms with Crippen LogP contribution < -0.4 is 5.32 Å². The lowest BCUT2D eigenvalue weighted by molar-refractivity contribution is -0.270. The van der Waals surface area contributed by atoms with Crippen molar-refractivity contribution in [3.8, 4) is 0 Å². The highest BCUT2D eigenvalue weighted by molar-refractivity contribution is 5.69. The fraction of sp³-hybridized carbons (Fsp3) is 0.765. The maximum Gasteiger partial charge on any atom is 0.407 e. The molecule has 1 amide bonds. The van der Waals surface area contributed by atoms with Gasteiger partial charge in [-0.05, 0) is 20.8 Å². The average Bonchev–Trinajstić information content (AvgIpc) is 2.49. The lowest BCUT2D eigenvalue weighted by atomic mass is 9.98. The first-order chi connectivity index (χ1) is 12.8. The van der Waals surface area contributed by atoms with Crippen LogP contribution in [0.5, 0.6) is 0 Å². The van der Waals surface area contributed by atoms with Gasteiger partial charge in [0.15, 0.2) is 18.3 Å². The molecular weight excluding hydrogens is 381 g/mol. The first-order valence-corrected chi connectivity index (χ1v) is 8.58. The van der Waals surface area contributed by atoms with E-state index in [1.165, 1.54) is 0 Å². The van der Waals surface area contributed by atoms with Gasteiger partial charge in [0.1, 0.15) is 11.7 Å². The van der Waals surface area contributed by atoms with Gasteiger partial charge in [0.05, 0.1) is 6.54 Å². The Labute approximate surface area is 162 Å². The van der Waals surface area contributed by atoms with Crippen molar-refractivity contribution < 1.29 is 47.3 Å². The Hall–Kier alpha value is -2.43. The van der Waals surface area contributed by atoms with E-state index in [4.69, 9.17) is 23.7 Å². The number of ether oxygens (including phenoxy) is 5. The molecule has 1 heterocycles. The Morgan fingerprint density at radius 2 is 1.36 bits per heavy atom. The highest BCUT2D eigenvalue weighted by Crippen LogP contribution is 2.29. The summed E-state index contributed by atoms with van der Waals surface area (Å²) in [6.07, 6.45) is -8.69. The lowest BCUT2D eigenvalue weighted by Gasteiger charge is -2.42. The number of rotatable bonds is 5. The van der Waals surface area contributed by atoms with E-state index in [9.17, 15) is 23.6 Å². The molecular formula is C17H26FNO9. The summed E-state index contributed by atoms with van der Waals surface area (Å²) >= 11 is 0. The van der Waals surface area contributed by atoms with Crippen molar-refractivity contribution >= 4 is 24.0 Å². The van der Waals surface area contributed by atoms with Gasteiger partial charge >= 0.3 is 24.0 Å². The van der Waals surface area contributed by atoms with Crippen molar-refractivity contribution in [2.45, 2.75) is 77.9 Å². The van der Waals surface area contributed by atoms with E-state index < -0.39 is 60.4 Å². The molecule has 0 aliphatic carbocycles. The molecule has 1 N–H and O–H groups in total. The number of hydrogen-bond acceptors (Lipinski definition) is 9. The number of esters is 3. The standard InChI is InChI=1S/C17H26FNO9/c1-8(20)24-12-11(7-19-16(23)28-17(4,5)6)27-15(18)14(26-10(3)22)13(12)25-9(2)21/h11-15H,7H2,1-6H3,(H,19,23)/t11-,12+,13+,14-,15?/m1/s1. The predicted molar refractivity (Wildman–Crippen MR) is 90.7 cm³/mol. The number of carbonyl (C=O) groups is 4. The highest BCUT2D eigenvalue weighted by atomic mass is 19.1. The van der Waals surface area contributed by atoms with Gasteiger partial charge in [-0.1, -0.05) is 0 Å². The number of hydrogen-bond donors (Lipinski definition) is 1. The minimum atomic E-state index is -2.19. The largest absolute Gasteiger partial charge is 0.456 e. The van der Waals surface area contributed by atoms with Crippen molar-refractivity contribution in [2.75, 3.05) is 6.54 Å². The first kappa shape index (κ1) is 23.6. The van der Waals surface area contributed by atoms with Crippen LogP contribution in [-0.2, 0) is 38.1 Å². The van der Waals surface area contributed by atoms with Crippen molar-refractivity contribution in [3.05, 3.63) is 0 Å². The van der Waals surface area contributed by atoms with Gasteiger partial charge in [0, 0.05) is 20.8 Å². The van der Waals surface area contributed by atoms with Crippen molar-refractivity contribution in [2.24, 2.45) is 0 Å². The van der Waals surface area contributed by atoms with Crippen LogP contribution in [-0.4, -0.2) is 66.9 Å². The molecule has 28 heavy (non-hydrogen) atoms. The van der Waals surface area contributed by atoms with Gasteiger partial charge in [0.25, 0.3) is 0 Å². The van der Waals surface area contributed by atoms with E-state index in [0.29, 0.717) is 0 Å². The number of carbonyl (C=O) groups excluding carboxylic acids is 4. The van der Waals surface area contributed by atoms with Crippen LogP contribution in [0.3, 0.4) is 0 Å². The number of amides is 1. The third-order valence-corrected chi connectivity index (χ3v) is 3.33. The molecule has 1 aliphatic heterocycles. The normalized spacial score (nSPS) is 27.3. The molecule has 11 heteroatoms. The minimum absolute atomic E-state index is 0.322. The Balaban J connectivity index is 3.03. The summed E-state index contributed by atoms with van der Waals surface area (Å²) in [5.41, 5.74) is -0.768. The van der Waals surface area contributed by atoms with E-state index in [0.717, 1.165) is 20.8 Å². The second kappa shape index (κ2) is 9.67. The summed E-state index contributed by atoms with van der Waals surface area (Å²) in [7, 11) is 0. The summed E-state index contributed by atoms with van der Waals surface area (Å²) in [5, 5.41) is 2.37. The van der Waals surface area contributed by atoms with Crippen LogP contribution in [0.15, 0.2) is 0 Å². The van der Waals surface area contributed by atoms with Crippen molar-refractivity contribution in [1.82, 2.24) is 5.32 Å². The van der Waals surface area contributed by atoms with E-state index in [1.807, 2.05) is 0 Å². The Morgan fingerprint density at radius 3 is 1.82 bits per heavy atom.